The summed E-state index contributed by atoms with van der Waals surface area (Å²) in [6, 6.07) is 1.78. The third-order valence-electron chi connectivity index (χ3n) is 1.70. The normalized spacial score (nSPS) is 10.6. The molecule has 0 amide bonds. The van der Waals surface area contributed by atoms with Crippen LogP contribution >= 0.6 is 0 Å². The first-order chi connectivity index (χ1) is 6.65. The Morgan fingerprint density at radius 3 is 3.07 bits per heavy atom. The number of hydrogen-bond acceptors (Lipinski definition) is 4. The van der Waals surface area contributed by atoms with Gasteiger partial charge >= 0.3 is 5.97 Å². The molecule has 0 fully saturated rings. The summed E-state index contributed by atoms with van der Waals surface area (Å²) in [5.41, 5.74) is 0.826. The number of nitrogens with zero attached hydrogens (tertiary/aromatic N) is 4. The molecular weight excluding hydrogens is 184 g/mol. The molecule has 2 heterocycles. The lowest BCUT2D eigenvalue weighted by molar-refractivity contribution is -0.136. The molecule has 0 saturated carbocycles. The Morgan fingerprint density at radius 2 is 2.36 bits per heavy atom. The minimum Gasteiger partial charge on any atom is -0.481 e. The standard InChI is InChI=1S/C8H8N4O2/c1-5-2-3-12-8(9-5)10-6(11-12)4-7(13)14/h2-3H,4H2,1H3,(H,13,14). The van der Waals surface area contributed by atoms with E-state index in [9.17, 15) is 4.79 Å². The van der Waals surface area contributed by atoms with Gasteiger partial charge in [0.15, 0.2) is 5.82 Å². The molecule has 14 heavy (non-hydrogen) atoms. The van der Waals surface area contributed by atoms with Crippen molar-refractivity contribution >= 4 is 11.7 Å². The molecule has 0 saturated heterocycles. The number of aliphatic carboxylic acids is 1. The van der Waals surface area contributed by atoms with Crippen molar-refractivity contribution < 1.29 is 9.90 Å². The van der Waals surface area contributed by atoms with Gasteiger partial charge in [-0.25, -0.2) is 9.50 Å². The van der Waals surface area contributed by atoms with Crippen molar-refractivity contribution in [1.82, 2.24) is 19.6 Å². The van der Waals surface area contributed by atoms with Crippen LogP contribution in [0.2, 0.25) is 0 Å². The molecule has 0 aliphatic rings. The van der Waals surface area contributed by atoms with E-state index in [1.54, 1.807) is 12.3 Å². The Bertz CT molecular complexity index is 491. The highest BCUT2D eigenvalue weighted by atomic mass is 16.4. The number of carboxylic acid groups (broad SMARTS) is 1. The molecule has 6 nitrogen and oxygen atoms in total. The van der Waals surface area contributed by atoms with Gasteiger partial charge in [0.05, 0.1) is 0 Å². The molecule has 2 rings (SSSR count). The van der Waals surface area contributed by atoms with Gasteiger partial charge in [0.2, 0.25) is 0 Å². The van der Waals surface area contributed by atoms with Crippen molar-refractivity contribution in [1.29, 1.82) is 0 Å². The van der Waals surface area contributed by atoms with E-state index in [0.29, 0.717) is 5.78 Å². The predicted molar refractivity (Wildman–Crippen MR) is 46.9 cm³/mol. The lowest BCUT2D eigenvalue weighted by Gasteiger charge is -1.90. The molecule has 0 bridgehead atoms. The molecule has 0 aliphatic carbocycles. The minimum absolute atomic E-state index is 0.178. The maximum absolute atomic E-state index is 10.4. The number of aromatic nitrogens is 4. The largest absolute Gasteiger partial charge is 0.481 e. The van der Waals surface area contributed by atoms with Crippen molar-refractivity contribution in [2.45, 2.75) is 13.3 Å². The van der Waals surface area contributed by atoms with Gasteiger partial charge in [0.25, 0.3) is 5.78 Å². The van der Waals surface area contributed by atoms with Crippen LogP contribution in [0.1, 0.15) is 11.5 Å². The summed E-state index contributed by atoms with van der Waals surface area (Å²) in [5.74, 6) is -0.241. The molecule has 0 atom stereocenters. The molecule has 72 valence electrons. The van der Waals surface area contributed by atoms with Crippen LogP contribution in [0.25, 0.3) is 5.78 Å². The number of hydrogen-bond donors (Lipinski definition) is 1. The molecule has 0 unspecified atom stereocenters. The van der Waals surface area contributed by atoms with Gasteiger partial charge in [-0.15, -0.1) is 5.10 Å². The molecule has 2 aromatic rings. The average molecular weight is 192 g/mol. The first-order valence-corrected chi connectivity index (χ1v) is 4.06. The zero-order valence-corrected chi connectivity index (χ0v) is 7.51. The first-order valence-electron chi connectivity index (χ1n) is 4.06. The number of rotatable bonds is 2. The molecule has 6 heteroatoms. The van der Waals surface area contributed by atoms with E-state index < -0.39 is 5.97 Å². The van der Waals surface area contributed by atoms with Crippen LogP contribution in [0.5, 0.6) is 0 Å². The van der Waals surface area contributed by atoms with Crippen molar-refractivity contribution in [2.24, 2.45) is 0 Å². The third kappa shape index (κ3) is 1.54. The lowest BCUT2D eigenvalue weighted by Crippen LogP contribution is -2.01. The fraction of sp³-hybridized carbons (Fsp3) is 0.250. The minimum atomic E-state index is -0.947. The zero-order chi connectivity index (χ0) is 10.1. The second kappa shape index (κ2) is 3.06. The summed E-state index contributed by atoms with van der Waals surface area (Å²) < 4.78 is 1.46. The number of carbonyl (C=O) groups is 1. The fourth-order valence-electron chi connectivity index (χ4n) is 1.12. The molecule has 1 N–H and O–H groups in total. The van der Waals surface area contributed by atoms with Crippen LogP contribution < -0.4 is 0 Å². The van der Waals surface area contributed by atoms with Crippen LogP contribution in [-0.4, -0.2) is 30.7 Å². The summed E-state index contributed by atoms with van der Waals surface area (Å²) in [6.07, 6.45) is 1.53. The second-order valence-corrected chi connectivity index (χ2v) is 2.91. The molecule has 2 aromatic heterocycles. The number of aryl methyl sites for hydroxylation is 1. The van der Waals surface area contributed by atoms with Crippen molar-refractivity contribution in [2.75, 3.05) is 0 Å². The van der Waals surface area contributed by atoms with Crippen molar-refractivity contribution in [3.05, 3.63) is 23.8 Å². The van der Waals surface area contributed by atoms with E-state index in [0.717, 1.165) is 5.69 Å². The molecule has 0 radical (unpaired) electrons. The maximum Gasteiger partial charge on any atom is 0.311 e. The zero-order valence-electron chi connectivity index (χ0n) is 7.51. The van der Waals surface area contributed by atoms with E-state index in [1.807, 2.05) is 6.92 Å². The summed E-state index contributed by atoms with van der Waals surface area (Å²) in [5, 5.41) is 12.5. The van der Waals surface area contributed by atoms with Crippen LogP contribution in [0, 0.1) is 6.92 Å². The fourth-order valence-corrected chi connectivity index (χ4v) is 1.12. The summed E-state index contributed by atoms with van der Waals surface area (Å²) in [4.78, 5) is 18.5. The SMILES string of the molecule is Cc1ccn2nc(CC(=O)O)nc2n1. The Hall–Kier alpha value is -1.98. The Balaban J connectivity index is 2.46. The van der Waals surface area contributed by atoms with Gasteiger partial charge in [0.1, 0.15) is 6.42 Å². The maximum atomic E-state index is 10.4. The highest BCUT2D eigenvalue weighted by Gasteiger charge is 2.08. The number of fused-ring (bicyclic) bond motifs is 1. The average Bonchev–Trinajstić information content (AvgIpc) is 2.44. The van der Waals surface area contributed by atoms with Crippen LogP contribution in [-0.2, 0) is 11.2 Å². The van der Waals surface area contributed by atoms with E-state index in [1.165, 1.54) is 4.52 Å². The topological polar surface area (TPSA) is 80.4 Å². The van der Waals surface area contributed by atoms with E-state index in [2.05, 4.69) is 15.1 Å². The molecule has 0 aliphatic heterocycles. The highest BCUT2D eigenvalue weighted by Crippen LogP contribution is 2.00. The molecular formula is C8H8N4O2. The van der Waals surface area contributed by atoms with E-state index in [4.69, 9.17) is 5.11 Å². The third-order valence-corrected chi connectivity index (χ3v) is 1.70. The van der Waals surface area contributed by atoms with Gasteiger partial charge in [-0.05, 0) is 13.0 Å². The quantitative estimate of drug-likeness (QED) is 0.727. The van der Waals surface area contributed by atoms with Gasteiger partial charge in [-0.3, -0.25) is 4.79 Å². The first kappa shape index (κ1) is 8.61. The van der Waals surface area contributed by atoms with Gasteiger partial charge in [-0.1, -0.05) is 0 Å². The Labute approximate surface area is 79.2 Å². The van der Waals surface area contributed by atoms with Crippen LogP contribution in [0.3, 0.4) is 0 Å². The van der Waals surface area contributed by atoms with Crippen LogP contribution in [0.4, 0.5) is 0 Å². The Morgan fingerprint density at radius 1 is 1.57 bits per heavy atom. The van der Waals surface area contributed by atoms with E-state index >= 15 is 0 Å². The lowest BCUT2D eigenvalue weighted by atomic mass is 10.4. The highest BCUT2D eigenvalue weighted by molar-refractivity contribution is 5.69. The molecule has 0 spiro atoms. The van der Waals surface area contributed by atoms with Gasteiger partial charge in [-0.2, -0.15) is 4.98 Å². The monoisotopic (exact) mass is 192 g/mol. The van der Waals surface area contributed by atoms with E-state index in [-0.39, 0.29) is 12.2 Å². The second-order valence-electron chi connectivity index (χ2n) is 2.91. The van der Waals surface area contributed by atoms with Gasteiger partial charge < -0.3 is 5.11 Å². The number of carboxylic acids is 1. The molecule has 0 aromatic carbocycles. The van der Waals surface area contributed by atoms with Crippen molar-refractivity contribution in [3.63, 3.8) is 0 Å². The van der Waals surface area contributed by atoms with Crippen LogP contribution in [0.15, 0.2) is 12.3 Å². The summed E-state index contributed by atoms with van der Waals surface area (Å²) in [7, 11) is 0. The smallest absolute Gasteiger partial charge is 0.311 e. The summed E-state index contributed by atoms with van der Waals surface area (Å²) in [6.45, 7) is 1.84. The van der Waals surface area contributed by atoms with Gasteiger partial charge in [0, 0.05) is 11.9 Å². The van der Waals surface area contributed by atoms with Crippen molar-refractivity contribution in [3.8, 4) is 0 Å². The predicted octanol–water partition coefficient (Wildman–Crippen LogP) is 0.0598. The summed E-state index contributed by atoms with van der Waals surface area (Å²) >= 11 is 0. The Kier molecular flexibility index (Phi) is 1.88.